The van der Waals surface area contributed by atoms with E-state index in [0.717, 1.165) is 6.42 Å². The van der Waals surface area contributed by atoms with Crippen LogP contribution in [0.4, 0.5) is 0 Å². The first-order valence-corrected chi connectivity index (χ1v) is 7.99. The van der Waals surface area contributed by atoms with E-state index < -0.39 is 23.3 Å². The van der Waals surface area contributed by atoms with Gasteiger partial charge in [0.1, 0.15) is 0 Å². The second-order valence-corrected chi connectivity index (χ2v) is 7.52. The van der Waals surface area contributed by atoms with Gasteiger partial charge < -0.3 is 10.2 Å². The predicted octanol–water partition coefficient (Wildman–Crippen LogP) is 4.29. The van der Waals surface area contributed by atoms with Crippen LogP contribution in [0, 0.1) is 29.1 Å². The molecule has 4 heteroatoms. The molecule has 0 rings (SSSR count). The van der Waals surface area contributed by atoms with E-state index in [9.17, 15) is 19.8 Å². The fourth-order valence-corrected chi connectivity index (χ4v) is 3.28. The summed E-state index contributed by atoms with van der Waals surface area (Å²) >= 11 is 0. The highest BCUT2D eigenvalue weighted by atomic mass is 16.4. The summed E-state index contributed by atoms with van der Waals surface area (Å²) < 4.78 is 0. The fourth-order valence-electron chi connectivity index (χ4n) is 3.28. The molecule has 124 valence electrons. The average molecular weight is 300 g/mol. The van der Waals surface area contributed by atoms with Crippen molar-refractivity contribution in [1.29, 1.82) is 0 Å². The van der Waals surface area contributed by atoms with Crippen LogP contribution < -0.4 is 0 Å². The Balaban J connectivity index is 5.63. The Bertz CT molecular complexity index is 335. The molecule has 0 aliphatic carbocycles. The standard InChI is InChI=1S/C17H32O4/c1-11(2)7-8-14(15(18)19)17(16(20)21,9-12(3)4)10-13(5)6/h11-14H,7-10H2,1-6H3,(H,18,19)(H,20,21). The third kappa shape index (κ3) is 6.06. The van der Waals surface area contributed by atoms with Gasteiger partial charge in [-0.2, -0.15) is 0 Å². The summed E-state index contributed by atoms with van der Waals surface area (Å²) in [7, 11) is 0. The first-order valence-electron chi connectivity index (χ1n) is 7.99. The summed E-state index contributed by atoms with van der Waals surface area (Å²) in [6.45, 7) is 11.9. The first-order chi connectivity index (χ1) is 9.52. The van der Waals surface area contributed by atoms with Crippen LogP contribution in [0.1, 0.15) is 67.2 Å². The zero-order chi connectivity index (χ0) is 16.8. The summed E-state index contributed by atoms with van der Waals surface area (Å²) in [6, 6.07) is 0. The van der Waals surface area contributed by atoms with Crippen LogP contribution in [0.3, 0.4) is 0 Å². The van der Waals surface area contributed by atoms with Crippen molar-refractivity contribution in [2.45, 2.75) is 67.2 Å². The highest BCUT2D eigenvalue weighted by Crippen LogP contribution is 2.44. The van der Waals surface area contributed by atoms with Gasteiger partial charge in [-0.25, -0.2) is 0 Å². The number of hydrogen-bond donors (Lipinski definition) is 2. The number of hydrogen-bond acceptors (Lipinski definition) is 2. The van der Waals surface area contributed by atoms with Gasteiger partial charge in [0, 0.05) is 0 Å². The Hall–Kier alpha value is -1.06. The molecule has 4 nitrogen and oxygen atoms in total. The van der Waals surface area contributed by atoms with E-state index in [1.54, 1.807) is 0 Å². The lowest BCUT2D eigenvalue weighted by Crippen LogP contribution is -2.45. The maximum absolute atomic E-state index is 12.0. The molecular weight excluding hydrogens is 268 g/mol. The lowest BCUT2D eigenvalue weighted by atomic mass is 9.64. The Morgan fingerprint density at radius 3 is 1.48 bits per heavy atom. The lowest BCUT2D eigenvalue weighted by molar-refractivity contribution is -0.166. The van der Waals surface area contributed by atoms with Gasteiger partial charge in [-0.05, 0) is 37.0 Å². The van der Waals surface area contributed by atoms with Gasteiger partial charge in [0.05, 0.1) is 11.3 Å². The summed E-state index contributed by atoms with van der Waals surface area (Å²) in [6.07, 6.45) is 1.99. The van der Waals surface area contributed by atoms with E-state index in [1.807, 2.05) is 41.5 Å². The molecule has 0 aromatic heterocycles. The lowest BCUT2D eigenvalue weighted by Gasteiger charge is -2.38. The summed E-state index contributed by atoms with van der Waals surface area (Å²) in [4.78, 5) is 23.8. The van der Waals surface area contributed by atoms with E-state index in [0.29, 0.717) is 25.2 Å². The Morgan fingerprint density at radius 1 is 0.810 bits per heavy atom. The van der Waals surface area contributed by atoms with Crippen LogP contribution in [-0.2, 0) is 9.59 Å². The number of carbonyl (C=O) groups is 2. The van der Waals surface area contributed by atoms with Gasteiger partial charge in [-0.1, -0.05) is 48.0 Å². The number of carboxylic acid groups (broad SMARTS) is 2. The van der Waals surface area contributed by atoms with Gasteiger partial charge in [-0.15, -0.1) is 0 Å². The maximum atomic E-state index is 12.0. The summed E-state index contributed by atoms with van der Waals surface area (Å²) in [5.41, 5.74) is -1.16. The highest BCUT2D eigenvalue weighted by Gasteiger charge is 2.49. The summed E-state index contributed by atoms with van der Waals surface area (Å²) in [5.74, 6) is -2.07. The van der Waals surface area contributed by atoms with Crippen molar-refractivity contribution in [3.8, 4) is 0 Å². The number of aliphatic carboxylic acids is 2. The van der Waals surface area contributed by atoms with Crippen molar-refractivity contribution in [3.05, 3.63) is 0 Å². The molecule has 0 saturated carbocycles. The molecule has 0 aromatic carbocycles. The van der Waals surface area contributed by atoms with E-state index in [2.05, 4.69) is 0 Å². The normalized spacial score (nSPS) is 14.0. The minimum absolute atomic E-state index is 0.153. The maximum Gasteiger partial charge on any atom is 0.310 e. The third-order valence-electron chi connectivity index (χ3n) is 3.97. The largest absolute Gasteiger partial charge is 0.481 e. The van der Waals surface area contributed by atoms with Crippen molar-refractivity contribution < 1.29 is 19.8 Å². The molecular formula is C17H32O4. The zero-order valence-electron chi connectivity index (χ0n) is 14.3. The zero-order valence-corrected chi connectivity index (χ0v) is 14.3. The van der Waals surface area contributed by atoms with Gasteiger partial charge in [-0.3, -0.25) is 9.59 Å². The molecule has 0 heterocycles. The second-order valence-electron chi connectivity index (χ2n) is 7.52. The molecule has 0 spiro atoms. The van der Waals surface area contributed by atoms with Crippen LogP contribution in [0.25, 0.3) is 0 Å². The van der Waals surface area contributed by atoms with Gasteiger partial charge in [0.15, 0.2) is 0 Å². The van der Waals surface area contributed by atoms with Crippen LogP contribution in [0.5, 0.6) is 0 Å². The van der Waals surface area contributed by atoms with Crippen molar-refractivity contribution in [3.63, 3.8) is 0 Å². The smallest absolute Gasteiger partial charge is 0.310 e. The monoisotopic (exact) mass is 300 g/mol. The van der Waals surface area contributed by atoms with Crippen molar-refractivity contribution >= 4 is 11.9 Å². The van der Waals surface area contributed by atoms with Crippen LogP contribution in [0.2, 0.25) is 0 Å². The first kappa shape index (κ1) is 19.9. The molecule has 1 atom stereocenters. The predicted molar refractivity (Wildman–Crippen MR) is 84.2 cm³/mol. The quantitative estimate of drug-likeness (QED) is 0.631. The van der Waals surface area contributed by atoms with Crippen molar-refractivity contribution in [1.82, 2.24) is 0 Å². The van der Waals surface area contributed by atoms with E-state index >= 15 is 0 Å². The molecule has 0 aliphatic heterocycles. The van der Waals surface area contributed by atoms with E-state index in [4.69, 9.17) is 0 Å². The highest BCUT2D eigenvalue weighted by molar-refractivity contribution is 5.83. The molecule has 0 aliphatic rings. The molecule has 0 amide bonds. The topological polar surface area (TPSA) is 74.6 Å². The fraction of sp³-hybridized carbons (Fsp3) is 0.882. The minimum Gasteiger partial charge on any atom is -0.481 e. The minimum atomic E-state index is -1.16. The van der Waals surface area contributed by atoms with E-state index in [-0.39, 0.29) is 11.8 Å². The van der Waals surface area contributed by atoms with Gasteiger partial charge in [0.25, 0.3) is 0 Å². The number of rotatable bonds is 10. The molecule has 0 fully saturated rings. The molecule has 21 heavy (non-hydrogen) atoms. The molecule has 0 radical (unpaired) electrons. The SMILES string of the molecule is CC(C)CCC(C(=O)O)C(CC(C)C)(CC(C)C)C(=O)O. The van der Waals surface area contributed by atoms with Crippen molar-refractivity contribution in [2.24, 2.45) is 29.1 Å². The second kappa shape index (κ2) is 8.40. The average Bonchev–Trinajstić information content (AvgIpc) is 2.25. The van der Waals surface area contributed by atoms with Crippen molar-refractivity contribution in [2.75, 3.05) is 0 Å². The molecule has 2 N–H and O–H groups in total. The Morgan fingerprint density at radius 2 is 1.24 bits per heavy atom. The summed E-state index contributed by atoms with van der Waals surface area (Å²) in [5, 5.41) is 19.5. The molecule has 0 bridgehead atoms. The van der Waals surface area contributed by atoms with E-state index in [1.165, 1.54) is 0 Å². The van der Waals surface area contributed by atoms with Crippen LogP contribution in [-0.4, -0.2) is 22.2 Å². The Labute approximate surface area is 128 Å². The Kier molecular flexibility index (Phi) is 7.98. The molecule has 0 saturated heterocycles. The van der Waals surface area contributed by atoms with Crippen LogP contribution >= 0.6 is 0 Å². The molecule has 1 unspecified atom stereocenters. The van der Waals surface area contributed by atoms with Gasteiger partial charge >= 0.3 is 11.9 Å². The third-order valence-corrected chi connectivity index (χ3v) is 3.97. The number of carboxylic acids is 2. The molecule has 0 aromatic rings. The van der Waals surface area contributed by atoms with Gasteiger partial charge in [0.2, 0.25) is 0 Å². The van der Waals surface area contributed by atoms with Crippen LogP contribution in [0.15, 0.2) is 0 Å².